The first-order chi connectivity index (χ1) is 6.58. The lowest BCUT2D eigenvalue weighted by Gasteiger charge is -2.01. The number of hydrogen-bond donors (Lipinski definition) is 3. The fourth-order valence-electron chi connectivity index (χ4n) is 1.32. The molecule has 2 rings (SSSR count). The highest BCUT2D eigenvalue weighted by Crippen LogP contribution is 2.26. The van der Waals surface area contributed by atoms with Gasteiger partial charge in [0.25, 0.3) is 0 Å². The van der Waals surface area contributed by atoms with Gasteiger partial charge in [0.1, 0.15) is 5.75 Å². The molecule has 0 aliphatic rings. The molecule has 1 aromatic heterocycles. The van der Waals surface area contributed by atoms with Crippen LogP contribution in [0.4, 0.5) is 4.39 Å². The van der Waals surface area contributed by atoms with Crippen molar-refractivity contribution in [3.8, 4) is 5.75 Å². The highest BCUT2D eigenvalue weighted by molar-refractivity contribution is 7.19. The molecule has 2 aromatic rings. The van der Waals surface area contributed by atoms with Crippen LogP contribution in [0.3, 0.4) is 0 Å². The van der Waals surface area contributed by atoms with Crippen LogP contribution in [0, 0.1) is 5.13 Å². The number of thiophene rings is 1. The smallest absolute Gasteiger partial charge is 0.490 e. The summed E-state index contributed by atoms with van der Waals surface area (Å²) in [5.74, 6) is -0.113. The number of fused-ring (bicyclic) bond motifs is 1. The minimum Gasteiger partial charge on any atom is -0.508 e. The lowest BCUT2D eigenvalue weighted by Crippen LogP contribution is -2.29. The molecule has 0 aliphatic carbocycles. The molecule has 0 saturated carbocycles. The molecule has 0 spiro atoms. The molecule has 72 valence electrons. The van der Waals surface area contributed by atoms with Gasteiger partial charge in [0.2, 0.25) is 0 Å². The molecule has 0 fully saturated rings. The van der Waals surface area contributed by atoms with Crippen LogP contribution >= 0.6 is 11.3 Å². The molecule has 0 bridgehead atoms. The lowest BCUT2D eigenvalue weighted by atomic mass is 9.80. The number of benzene rings is 1. The van der Waals surface area contributed by atoms with Crippen LogP contribution in [-0.4, -0.2) is 22.3 Å². The quantitative estimate of drug-likeness (QED) is 0.600. The highest BCUT2D eigenvalue weighted by atomic mass is 32.1. The van der Waals surface area contributed by atoms with E-state index in [0.29, 0.717) is 10.1 Å². The molecule has 3 N–H and O–H groups in total. The van der Waals surface area contributed by atoms with E-state index in [0.717, 1.165) is 11.3 Å². The summed E-state index contributed by atoms with van der Waals surface area (Å²) in [5, 5.41) is 27.2. The third-order valence-electron chi connectivity index (χ3n) is 1.88. The molecule has 0 aliphatic heterocycles. The predicted molar refractivity (Wildman–Crippen MR) is 53.3 cm³/mol. The highest BCUT2D eigenvalue weighted by Gasteiger charge is 2.18. The summed E-state index contributed by atoms with van der Waals surface area (Å²) >= 11 is 0.818. The minimum atomic E-state index is -1.71. The standard InChI is InChI=1S/C8H6BFO3S/c10-7-2-4-1-5(11)3-6(9(12)13)8(4)14-7/h1-3,11-13H. The van der Waals surface area contributed by atoms with Gasteiger partial charge in [-0.2, -0.15) is 4.39 Å². The Morgan fingerprint density at radius 1 is 1.21 bits per heavy atom. The summed E-state index contributed by atoms with van der Waals surface area (Å²) in [5.41, 5.74) is 0.119. The van der Waals surface area contributed by atoms with Crippen molar-refractivity contribution in [3.63, 3.8) is 0 Å². The fraction of sp³-hybridized carbons (Fsp3) is 0. The van der Waals surface area contributed by atoms with Crippen LogP contribution in [0.25, 0.3) is 10.1 Å². The number of phenols is 1. The Hall–Kier alpha value is -1.11. The van der Waals surface area contributed by atoms with Gasteiger partial charge in [-0.15, -0.1) is 11.3 Å². The number of halogens is 1. The summed E-state index contributed by atoms with van der Waals surface area (Å²) in [7, 11) is -1.71. The van der Waals surface area contributed by atoms with Crippen LogP contribution in [0.15, 0.2) is 18.2 Å². The number of aromatic hydroxyl groups is 1. The first kappa shape index (κ1) is 9.45. The Labute approximate surface area is 83.2 Å². The topological polar surface area (TPSA) is 60.7 Å². The number of hydrogen-bond acceptors (Lipinski definition) is 4. The average molecular weight is 212 g/mol. The Kier molecular flexibility index (Phi) is 2.18. The van der Waals surface area contributed by atoms with E-state index in [9.17, 15) is 9.50 Å². The van der Waals surface area contributed by atoms with E-state index in [4.69, 9.17) is 10.0 Å². The van der Waals surface area contributed by atoms with Gasteiger partial charge < -0.3 is 15.2 Å². The second-order valence-corrected chi connectivity index (χ2v) is 3.88. The Balaban J connectivity index is 2.79. The zero-order valence-corrected chi connectivity index (χ0v) is 7.75. The van der Waals surface area contributed by atoms with Gasteiger partial charge in [-0.25, -0.2) is 0 Å². The largest absolute Gasteiger partial charge is 0.508 e. The molecule has 14 heavy (non-hydrogen) atoms. The van der Waals surface area contributed by atoms with Gasteiger partial charge in [0.05, 0.1) is 0 Å². The number of rotatable bonds is 1. The average Bonchev–Trinajstić information content (AvgIpc) is 2.42. The minimum absolute atomic E-state index is 0.113. The summed E-state index contributed by atoms with van der Waals surface area (Å²) < 4.78 is 13.3. The summed E-state index contributed by atoms with van der Waals surface area (Å²) in [4.78, 5) is 0. The van der Waals surface area contributed by atoms with Crippen molar-refractivity contribution in [2.45, 2.75) is 0 Å². The first-order valence-electron chi connectivity index (χ1n) is 3.86. The molecule has 6 heteroatoms. The maximum Gasteiger partial charge on any atom is 0.490 e. The van der Waals surface area contributed by atoms with Gasteiger partial charge in [0.15, 0.2) is 5.13 Å². The van der Waals surface area contributed by atoms with Crippen LogP contribution in [0.2, 0.25) is 0 Å². The van der Waals surface area contributed by atoms with E-state index in [-0.39, 0.29) is 11.2 Å². The van der Waals surface area contributed by atoms with Gasteiger partial charge in [-0.1, -0.05) is 0 Å². The van der Waals surface area contributed by atoms with Gasteiger partial charge in [-0.3, -0.25) is 0 Å². The van der Waals surface area contributed by atoms with Crippen LogP contribution < -0.4 is 5.46 Å². The van der Waals surface area contributed by atoms with Gasteiger partial charge in [0, 0.05) is 10.2 Å². The Morgan fingerprint density at radius 2 is 1.93 bits per heavy atom. The zero-order valence-electron chi connectivity index (χ0n) is 6.94. The maximum absolute atomic E-state index is 12.9. The van der Waals surface area contributed by atoms with Crippen molar-refractivity contribution < 1.29 is 19.5 Å². The molecular weight excluding hydrogens is 206 g/mol. The molecule has 0 amide bonds. The lowest BCUT2D eigenvalue weighted by molar-refractivity contribution is 0.425. The molecule has 1 heterocycles. The fourth-order valence-corrected chi connectivity index (χ4v) is 2.22. The van der Waals surface area contributed by atoms with E-state index < -0.39 is 12.2 Å². The zero-order chi connectivity index (χ0) is 10.3. The summed E-state index contributed by atoms with van der Waals surface area (Å²) in [6, 6.07) is 3.83. The molecule has 3 nitrogen and oxygen atoms in total. The van der Waals surface area contributed by atoms with Crippen LogP contribution in [0.1, 0.15) is 0 Å². The van der Waals surface area contributed by atoms with Crippen molar-refractivity contribution in [3.05, 3.63) is 23.3 Å². The maximum atomic E-state index is 12.9. The van der Waals surface area contributed by atoms with Crippen molar-refractivity contribution in [2.75, 3.05) is 0 Å². The normalized spacial score (nSPS) is 10.8. The second-order valence-electron chi connectivity index (χ2n) is 2.88. The number of phenolic OH excluding ortho intramolecular Hbond substituents is 1. The van der Waals surface area contributed by atoms with E-state index in [2.05, 4.69) is 0 Å². The summed E-state index contributed by atoms with van der Waals surface area (Å²) in [6.07, 6.45) is 0. The van der Waals surface area contributed by atoms with E-state index in [1.807, 2.05) is 0 Å². The van der Waals surface area contributed by atoms with E-state index in [1.165, 1.54) is 18.2 Å². The van der Waals surface area contributed by atoms with Crippen molar-refractivity contribution in [1.29, 1.82) is 0 Å². The monoisotopic (exact) mass is 212 g/mol. The molecule has 1 aromatic carbocycles. The van der Waals surface area contributed by atoms with Gasteiger partial charge in [-0.05, 0) is 23.6 Å². The first-order valence-corrected chi connectivity index (χ1v) is 4.67. The molecule has 0 saturated heterocycles. The van der Waals surface area contributed by atoms with Crippen molar-refractivity contribution in [2.24, 2.45) is 0 Å². The third kappa shape index (κ3) is 1.47. The Morgan fingerprint density at radius 3 is 2.57 bits per heavy atom. The molecule has 0 unspecified atom stereocenters. The van der Waals surface area contributed by atoms with E-state index in [1.54, 1.807) is 0 Å². The molecular formula is C8H6BFO3S. The van der Waals surface area contributed by atoms with Gasteiger partial charge >= 0.3 is 7.12 Å². The van der Waals surface area contributed by atoms with Crippen LogP contribution in [-0.2, 0) is 0 Å². The molecule has 0 atom stereocenters. The second kappa shape index (κ2) is 3.23. The molecule has 0 radical (unpaired) electrons. The van der Waals surface area contributed by atoms with Crippen molar-refractivity contribution in [1.82, 2.24) is 0 Å². The Bertz CT molecular complexity index is 483. The predicted octanol–water partition coefficient (Wildman–Crippen LogP) is 0.426. The van der Waals surface area contributed by atoms with Crippen molar-refractivity contribution >= 4 is 34.0 Å². The third-order valence-corrected chi connectivity index (χ3v) is 2.87. The summed E-state index contributed by atoms with van der Waals surface area (Å²) in [6.45, 7) is 0. The van der Waals surface area contributed by atoms with E-state index >= 15 is 0 Å². The van der Waals surface area contributed by atoms with Crippen LogP contribution in [0.5, 0.6) is 5.75 Å². The SMILES string of the molecule is OB(O)c1cc(O)cc2cc(F)sc12.